The predicted molar refractivity (Wildman–Crippen MR) is 51.4 cm³/mol. The number of aryl methyl sites for hydroxylation is 1. The van der Waals surface area contributed by atoms with E-state index in [1.165, 1.54) is 11.7 Å². The van der Waals surface area contributed by atoms with Gasteiger partial charge in [0.2, 0.25) is 0 Å². The molecule has 0 unspecified atom stereocenters. The van der Waals surface area contributed by atoms with Gasteiger partial charge in [-0.05, 0) is 6.07 Å². The van der Waals surface area contributed by atoms with Gasteiger partial charge < -0.3 is 4.84 Å². The van der Waals surface area contributed by atoms with Crippen LogP contribution in [0.2, 0.25) is 0 Å². The number of nitrogens with zero attached hydrogens (tertiary/aromatic N) is 2. The third-order valence-corrected chi connectivity index (χ3v) is 2.31. The number of alkyl halides is 3. The SMILES string of the molecule is Cn1nc(C(F)(F)F)cc1C(C)(C)CON. The minimum atomic E-state index is -4.43. The van der Waals surface area contributed by atoms with E-state index in [9.17, 15) is 13.2 Å². The molecule has 7 heteroatoms. The van der Waals surface area contributed by atoms with Crippen LogP contribution in [0, 0.1) is 0 Å². The highest BCUT2D eigenvalue weighted by Gasteiger charge is 2.37. The van der Waals surface area contributed by atoms with Crippen LogP contribution in [0.5, 0.6) is 0 Å². The highest BCUT2D eigenvalue weighted by Crippen LogP contribution is 2.32. The molecule has 1 aromatic heterocycles. The lowest BCUT2D eigenvalue weighted by molar-refractivity contribution is -0.141. The zero-order chi connectivity index (χ0) is 12.6. The maximum Gasteiger partial charge on any atom is 0.435 e. The van der Waals surface area contributed by atoms with Crippen LogP contribution in [0.25, 0.3) is 0 Å². The fourth-order valence-electron chi connectivity index (χ4n) is 1.52. The van der Waals surface area contributed by atoms with Gasteiger partial charge in [-0.2, -0.15) is 18.3 Å². The molecule has 0 bridgehead atoms. The van der Waals surface area contributed by atoms with Crippen LogP contribution >= 0.6 is 0 Å². The van der Waals surface area contributed by atoms with E-state index in [1.807, 2.05) is 0 Å². The maximum atomic E-state index is 12.4. The molecule has 0 aliphatic heterocycles. The molecule has 1 heterocycles. The lowest BCUT2D eigenvalue weighted by Crippen LogP contribution is -2.28. The van der Waals surface area contributed by atoms with Crippen molar-refractivity contribution in [3.8, 4) is 0 Å². The van der Waals surface area contributed by atoms with Gasteiger partial charge in [-0.3, -0.25) is 4.68 Å². The first kappa shape index (κ1) is 13.0. The molecular weight excluding hydrogens is 223 g/mol. The molecule has 0 spiro atoms. The Bertz CT molecular complexity index is 371. The van der Waals surface area contributed by atoms with Crippen molar-refractivity contribution in [2.75, 3.05) is 6.61 Å². The molecule has 0 aliphatic carbocycles. The highest BCUT2D eigenvalue weighted by molar-refractivity contribution is 5.20. The van der Waals surface area contributed by atoms with Crippen LogP contribution in [-0.2, 0) is 23.5 Å². The normalized spacial score (nSPS) is 13.2. The molecule has 16 heavy (non-hydrogen) atoms. The summed E-state index contributed by atoms with van der Waals surface area (Å²) in [6, 6.07) is 1.01. The molecular formula is C9H14F3N3O. The third-order valence-electron chi connectivity index (χ3n) is 2.31. The molecule has 1 aromatic rings. The monoisotopic (exact) mass is 237 g/mol. The van der Waals surface area contributed by atoms with Crippen LogP contribution in [0.15, 0.2) is 6.07 Å². The van der Waals surface area contributed by atoms with Gasteiger partial charge in [0.15, 0.2) is 5.69 Å². The minimum Gasteiger partial charge on any atom is -0.304 e. The van der Waals surface area contributed by atoms with Crippen molar-refractivity contribution in [2.45, 2.75) is 25.4 Å². The summed E-state index contributed by atoms with van der Waals surface area (Å²) in [6.07, 6.45) is -4.43. The first-order chi connectivity index (χ1) is 7.18. The average molecular weight is 237 g/mol. The first-order valence-corrected chi connectivity index (χ1v) is 4.62. The predicted octanol–water partition coefficient (Wildman–Crippen LogP) is 1.61. The van der Waals surface area contributed by atoms with Gasteiger partial charge in [-0.25, -0.2) is 5.90 Å². The van der Waals surface area contributed by atoms with E-state index >= 15 is 0 Å². The van der Waals surface area contributed by atoms with Gasteiger partial charge in [-0.15, -0.1) is 0 Å². The zero-order valence-electron chi connectivity index (χ0n) is 9.30. The number of rotatable bonds is 3. The van der Waals surface area contributed by atoms with Crippen LogP contribution in [0.1, 0.15) is 25.2 Å². The Morgan fingerprint density at radius 1 is 1.44 bits per heavy atom. The van der Waals surface area contributed by atoms with E-state index in [1.54, 1.807) is 13.8 Å². The van der Waals surface area contributed by atoms with E-state index < -0.39 is 17.3 Å². The summed E-state index contributed by atoms with van der Waals surface area (Å²) >= 11 is 0. The van der Waals surface area contributed by atoms with E-state index in [-0.39, 0.29) is 6.61 Å². The van der Waals surface area contributed by atoms with Crippen LogP contribution < -0.4 is 5.90 Å². The van der Waals surface area contributed by atoms with Gasteiger partial charge in [0.25, 0.3) is 0 Å². The summed E-state index contributed by atoms with van der Waals surface area (Å²) in [6.45, 7) is 3.58. The lowest BCUT2D eigenvalue weighted by atomic mass is 9.90. The summed E-state index contributed by atoms with van der Waals surface area (Å²) in [5.74, 6) is 4.94. The Hall–Kier alpha value is -1.08. The average Bonchev–Trinajstić information content (AvgIpc) is 2.46. The van der Waals surface area contributed by atoms with Crippen LogP contribution in [0.4, 0.5) is 13.2 Å². The Morgan fingerprint density at radius 3 is 2.38 bits per heavy atom. The summed E-state index contributed by atoms with van der Waals surface area (Å²) in [7, 11) is 1.46. The van der Waals surface area contributed by atoms with E-state index in [0.717, 1.165) is 6.07 Å². The molecule has 2 N–H and O–H groups in total. The number of hydrogen-bond acceptors (Lipinski definition) is 3. The van der Waals surface area contributed by atoms with Crippen molar-refractivity contribution in [1.82, 2.24) is 9.78 Å². The maximum absolute atomic E-state index is 12.4. The van der Waals surface area contributed by atoms with Gasteiger partial charge >= 0.3 is 6.18 Å². The molecule has 0 aliphatic rings. The van der Waals surface area contributed by atoms with Gasteiger partial charge in [0.1, 0.15) is 0 Å². The Morgan fingerprint density at radius 2 is 2.00 bits per heavy atom. The second-order valence-electron chi connectivity index (χ2n) is 4.23. The van der Waals surface area contributed by atoms with E-state index in [2.05, 4.69) is 9.94 Å². The number of nitrogens with two attached hydrogens (primary N) is 1. The number of halogens is 3. The third kappa shape index (κ3) is 2.53. The fourth-order valence-corrected chi connectivity index (χ4v) is 1.52. The molecule has 0 saturated heterocycles. The Labute approximate surface area is 91.1 Å². The van der Waals surface area contributed by atoms with Crippen molar-refractivity contribution in [1.29, 1.82) is 0 Å². The highest BCUT2D eigenvalue weighted by atomic mass is 19.4. The molecule has 0 fully saturated rings. The molecule has 4 nitrogen and oxygen atoms in total. The number of hydrogen-bond donors (Lipinski definition) is 1. The second kappa shape index (κ2) is 4.06. The Kier molecular flexibility index (Phi) is 3.30. The van der Waals surface area contributed by atoms with Crippen molar-refractivity contribution in [3.63, 3.8) is 0 Å². The molecule has 0 amide bonds. The summed E-state index contributed by atoms with van der Waals surface area (Å²) in [4.78, 5) is 4.49. The molecule has 0 radical (unpaired) electrons. The minimum absolute atomic E-state index is 0.115. The topological polar surface area (TPSA) is 53.1 Å². The smallest absolute Gasteiger partial charge is 0.304 e. The summed E-state index contributed by atoms with van der Waals surface area (Å²) < 4.78 is 38.5. The fraction of sp³-hybridized carbons (Fsp3) is 0.667. The van der Waals surface area contributed by atoms with Crippen molar-refractivity contribution < 1.29 is 18.0 Å². The zero-order valence-corrected chi connectivity index (χ0v) is 9.30. The van der Waals surface area contributed by atoms with E-state index in [0.29, 0.717) is 5.69 Å². The summed E-state index contributed by atoms with van der Waals surface area (Å²) in [5.41, 5.74) is -1.11. The molecule has 92 valence electrons. The standard InChI is InChI=1S/C9H14F3N3O/c1-8(2,5-16-13)7-4-6(9(10,11)12)14-15(7)3/h4H,5,13H2,1-3H3. The van der Waals surface area contributed by atoms with Gasteiger partial charge in [-0.1, -0.05) is 13.8 Å². The van der Waals surface area contributed by atoms with Gasteiger partial charge in [0.05, 0.1) is 6.61 Å². The number of aromatic nitrogens is 2. The summed E-state index contributed by atoms with van der Waals surface area (Å²) in [5, 5.41) is 3.43. The van der Waals surface area contributed by atoms with Crippen molar-refractivity contribution in [2.24, 2.45) is 12.9 Å². The van der Waals surface area contributed by atoms with E-state index in [4.69, 9.17) is 5.90 Å². The van der Waals surface area contributed by atoms with Crippen LogP contribution in [0.3, 0.4) is 0 Å². The largest absolute Gasteiger partial charge is 0.435 e. The van der Waals surface area contributed by atoms with Crippen molar-refractivity contribution >= 4 is 0 Å². The molecule has 0 saturated carbocycles. The molecule has 1 rings (SSSR count). The quantitative estimate of drug-likeness (QED) is 0.812. The first-order valence-electron chi connectivity index (χ1n) is 4.62. The molecule has 0 aromatic carbocycles. The van der Waals surface area contributed by atoms with Crippen LogP contribution in [-0.4, -0.2) is 16.4 Å². The van der Waals surface area contributed by atoms with Crippen molar-refractivity contribution in [3.05, 3.63) is 17.5 Å². The lowest BCUT2D eigenvalue weighted by Gasteiger charge is -2.22. The second-order valence-corrected chi connectivity index (χ2v) is 4.23. The molecule has 0 atom stereocenters. The Balaban J connectivity index is 3.12. The van der Waals surface area contributed by atoms with Gasteiger partial charge in [0, 0.05) is 18.2 Å².